The number of hydrogen-bond donors (Lipinski definition) is 1. The topological polar surface area (TPSA) is 72.8 Å². The summed E-state index contributed by atoms with van der Waals surface area (Å²) in [6.45, 7) is 8.97. The maximum atomic E-state index is 11.9. The minimum Gasteiger partial charge on any atom is -0.463 e. The zero-order valence-electron chi connectivity index (χ0n) is 27.9. The summed E-state index contributed by atoms with van der Waals surface area (Å²) in [5, 5.41) is 9.97. The second-order valence-electron chi connectivity index (χ2n) is 13.3. The van der Waals surface area contributed by atoms with Crippen LogP contribution in [0.2, 0.25) is 0 Å². The average Bonchev–Trinajstić information content (AvgIpc) is 2.93. The van der Waals surface area contributed by atoms with Crippen molar-refractivity contribution >= 4 is 11.9 Å². The minimum atomic E-state index is -0.955. The first-order valence-corrected chi connectivity index (χ1v) is 17.8. The van der Waals surface area contributed by atoms with Crippen LogP contribution < -0.4 is 0 Å². The van der Waals surface area contributed by atoms with E-state index in [1.54, 1.807) is 0 Å². The van der Waals surface area contributed by atoms with Crippen molar-refractivity contribution in [1.29, 1.82) is 0 Å². The molecule has 1 N–H and O–H groups in total. The molecular weight excluding hydrogens is 512 g/mol. The zero-order valence-corrected chi connectivity index (χ0v) is 27.9. The fraction of sp³-hybridized carbons (Fsp3) is 0.944. The Labute approximate surface area is 255 Å². The van der Waals surface area contributed by atoms with E-state index in [9.17, 15) is 14.7 Å². The molecule has 41 heavy (non-hydrogen) atoms. The van der Waals surface area contributed by atoms with Crippen LogP contribution in [-0.2, 0) is 19.1 Å². The van der Waals surface area contributed by atoms with E-state index in [1.807, 2.05) is 0 Å². The quantitative estimate of drug-likeness (QED) is 0.0650. The predicted molar refractivity (Wildman–Crippen MR) is 173 cm³/mol. The number of hydrogen-bond acceptors (Lipinski definition) is 5. The molecule has 0 aliphatic rings. The van der Waals surface area contributed by atoms with E-state index in [1.165, 1.54) is 116 Å². The molecule has 0 heterocycles. The molecule has 1 atom stereocenters. The Kier molecular flexibility index (Phi) is 29.5. The zero-order chi connectivity index (χ0) is 30.4. The van der Waals surface area contributed by atoms with Gasteiger partial charge in [-0.2, -0.15) is 0 Å². The SMILES string of the molecule is CC(C)CCCCCCCCCCCCCCC(=O)OC[C@@H](O)COC(=O)CCCCCCCCCCCC(C)C. The van der Waals surface area contributed by atoms with Crippen LogP contribution in [-0.4, -0.2) is 36.4 Å². The standard InChI is InChI=1S/C36H70O5/c1-32(2)26-22-18-14-10-7-5-6-8-12-16-20-24-28-35(38)40-30-34(37)31-41-36(39)29-25-21-17-13-9-11-15-19-23-27-33(3)4/h32-34,37H,5-31H2,1-4H3/t34-/m1/s1. The highest BCUT2D eigenvalue weighted by atomic mass is 16.6. The van der Waals surface area contributed by atoms with Crippen molar-refractivity contribution in [3.05, 3.63) is 0 Å². The van der Waals surface area contributed by atoms with Crippen LogP contribution in [0.15, 0.2) is 0 Å². The number of rotatable bonds is 31. The van der Waals surface area contributed by atoms with E-state index in [0.717, 1.165) is 43.9 Å². The summed E-state index contributed by atoms with van der Waals surface area (Å²) in [4.78, 5) is 23.8. The van der Waals surface area contributed by atoms with Crippen molar-refractivity contribution < 1.29 is 24.2 Å². The molecule has 0 unspecified atom stereocenters. The molecule has 0 aromatic rings. The monoisotopic (exact) mass is 583 g/mol. The van der Waals surface area contributed by atoms with Crippen molar-refractivity contribution in [1.82, 2.24) is 0 Å². The molecule has 0 aliphatic heterocycles. The number of aliphatic hydroxyl groups is 1. The second kappa shape index (κ2) is 30.4. The molecule has 0 fully saturated rings. The summed E-state index contributed by atoms with van der Waals surface area (Å²) >= 11 is 0. The van der Waals surface area contributed by atoms with Gasteiger partial charge in [0.2, 0.25) is 0 Å². The highest BCUT2D eigenvalue weighted by molar-refractivity contribution is 5.69. The Hall–Kier alpha value is -1.10. The van der Waals surface area contributed by atoms with Gasteiger partial charge in [0.1, 0.15) is 19.3 Å². The molecule has 0 amide bonds. The number of esters is 2. The van der Waals surface area contributed by atoms with Crippen LogP contribution in [0, 0.1) is 11.8 Å². The number of aliphatic hydroxyl groups excluding tert-OH is 1. The van der Waals surface area contributed by atoms with Crippen molar-refractivity contribution in [2.45, 2.75) is 194 Å². The first-order chi connectivity index (χ1) is 19.8. The lowest BCUT2D eigenvalue weighted by Gasteiger charge is -2.12. The van der Waals surface area contributed by atoms with Crippen LogP contribution in [0.5, 0.6) is 0 Å². The first-order valence-electron chi connectivity index (χ1n) is 17.8. The summed E-state index contributed by atoms with van der Waals surface area (Å²) < 4.78 is 10.3. The molecule has 0 bridgehead atoms. The normalized spacial score (nSPS) is 12.3. The van der Waals surface area contributed by atoms with Gasteiger partial charge in [-0.1, -0.05) is 163 Å². The second-order valence-corrected chi connectivity index (χ2v) is 13.3. The van der Waals surface area contributed by atoms with Gasteiger partial charge in [0.05, 0.1) is 0 Å². The highest BCUT2D eigenvalue weighted by Crippen LogP contribution is 2.15. The molecule has 0 aromatic heterocycles. The lowest BCUT2D eigenvalue weighted by Crippen LogP contribution is -2.25. The van der Waals surface area contributed by atoms with E-state index >= 15 is 0 Å². The van der Waals surface area contributed by atoms with Gasteiger partial charge in [-0.05, 0) is 24.7 Å². The molecule has 244 valence electrons. The molecule has 0 saturated heterocycles. The Morgan fingerprint density at radius 2 is 0.683 bits per heavy atom. The summed E-state index contributed by atoms with van der Waals surface area (Å²) in [5.74, 6) is 1.10. The van der Waals surface area contributed by atoms with Crippen LogP contribution in [0.4, 0.5) is 0 Å². The predicted octanol–water partition coefficient (Wildman–Crippen LogP) is 10.5. The fourth-order valence-electron chi connectivity index (χ4n) is 5.22. The fourth-order valence-corrected chi connectivity index (χ4v) is 5.22. The van der Waals surface area contributed by atoms with Gasteiger partial charge in [-0.3, -0.25) is 9.59 Å². The van der Waals surface area contributed by atoms with Crippen molar-refractivity contribution in [3.8, 4) is 0 Å². The van der Waals surface area contributed by atoms with E-state index in [-0.39, 0.29) is 25.2 Å². The molecule has 0 saturated carbocycles. The molecule has 0 radical (unpaired) electrons. The summed E-state index contributed by atoms with van der Waals surface area (Å²) in [5.41, 5.74) is 0. The molecule has 5 heteroatoms. The van der Waals surface area contributed by atoms with Crippen molar-refractivity contribution in [2.75, 3.05) is 13.2 Å². The first kappa shape index (κ1) is 39.9. The minimum absolute atomic E-state index is 0.110. The van der Waals surface area contributed by atoms with Gasteiger partial charge in [0, 0.05) is 12.8 Å². The Morgan fingerprint density at radius 3 is 0.951 bits per heavy atom. The van der Waals surface area contributed by atoms with E-state index in [2.05, 4.69) is 27.7 Å². The summed E-state index contributed by atoms with van der Waals surface area (Å²) in [6.07, 6.45) is 28.7. The third kappa shape index (κ3) is 33.3. The molecule has 0 aliphatic carbocycles. The van der Waals surface area contributed by atoms with Crippen molar-refractivity contribution in [2.24, 2.45) is 11.8 Å². The van der Waals surface area contributed by atoms with E-state index in [4.69, 9.17) is 9.47 Å². The van der Waals surface area contributed by atoms with Crippen LogP contribution >= 0.6 is 0 Å². The summed E-state index contributed by atoms with van der Waals surface area (Å²) in [7, 11) is 0. The number of unbranched alkanes of at least 4 members (excludes halogenated alkanes) is 19. The highest BCUT2D eigenvalue weighted by Gasteiger charge is 2.12. The van der Waals surface area contributed by atoms with Gasteiger partial charge in [-0.25, -0.2) is 0 Å². The third-order valence-electron chi connectivity index (χ3n) is 7.95. The lowest BCUT2D eigenvalue weighted by atomic mass is 10.0. The average molecular weight is 583 g/mol. The van der Waals surface area contributed by atoms with Crippen LogP contribution in [0.3, 0.4) is 0 Å². The summed E-state index contributed by atoms with van der Waals surface area (Å²) in [6, 6.07) is 0. The maximum absolute atomic E-state index is 11.9. The third-order valence-corrected chi connectivity index (χ3v) is 7.95. The van der Waals surface area contributed by atoms with Crippen LogP contribution in [0.25, 0.3) is 0 Å². The van der Waals surface area contributed by atoms with Gasteiger partial charge in [0.15, 0.2) is 0 Å². The Morgan fingerprint density at radius 1 is 0.439 bits per heavy atom. The molecule has 0 rings (SSSR count). The maximum Gasteiger partial charge on any atom is 0.305 e. The molecule has 5 nitrogen and oxygen atoms in total. The largest absolute Gasteiger partial charge is 0.463 e. The van der Waals surface area contributed by atoms with E-state index < -0.39 is 6.10 Å². The number of carbonyl (C=O) groups excluding carboxylic acids is 2. The van der Waals surface area contributed by atoms with Gasteiger partial charge in [0.25, 0.3) is 0 Å². The molecule has 0 aromatic carbocycles. The Balaban J connectivity index is 3.41. The smallest absolute Gasteiger partial charge is 0.305 e. The van der Waals surface area contributed by atoms with Crippen LogP contribution in [0.1, 0.15) is 188 Å². The lowest BCUT2D eigenvalue weighted by molar-refractivity contribution is -0.152. The number of carbonyl (C=O) groups is 2. The van der Waals surface area contributed by atoms with Gasteiger partial charge in [-0.15, -0.1) is 0 Å². The van der Waals surface area contributed by atoms with Crippen molar-refractivity contribution in [3.63, 3.8) is 0 Å². The van der Waals surface area contributed by atoms with Gasteiger partial charge < -0.3 is 14.6 Å². The molecule has 0 spiro atoms. The van der Waals surface area contributed by atoms with E-state index in [0.29, 0.717) is 12.8 Å². The number of ether oxygens (including phenoxy) is 2. The van der Waals surface area contributed by atoms with Gasteiger partial charge >= 0.3 is 11.9 Å². The molecular formula is C36H70O5. The Bertz CT molecular complexity index is 574.